The van der Waals surface area contributed by atoms with E-state index in [-0.39, 0.29) is 11.7 Å². The van der Waals surface area contributed by atoms with Gasteiger partial charge in [0.1, 0.15) is 0 Å². The number of thiophene rings is 1. The molecule has 3 heterocycles. The van der Waals surface area contributed by atoms with Crippen molar-refractivity contribution in [1.82, 2.24) is 4.98 Å². The molecule has 4 aromatic rings. The van der Waals surface area contributed by atoms with Crippen molar-refractivity contribution in [2.75, 3.05) is 10.6 Å². The van der Waals surface area contributed by atoms with Crippen LogP contribution in [0.1, 0.15) is 25.8 Å². The van der Waals surface area contributed by atoms with Gasteiger partial charge in [0.15, 0.2) is 22.5 Å². The van der Waals surface area contributed by atoms with E-state index in [1.54, 1.807) is 24.4 Å². The van der Waals surface area contributed by atoms with Gasteiger partial charge in [-0.15, -0.1) is 22.7 Å². The number of anilines is 2. The lowest BCUT2D eigenvalue weighted by atomic mass is 10.2. The molecule has 2 amide bonds. The Morgan fingerprint density at radius 1 is 1.07 bits per heavy atom. The quantitative estimate of drug-likeness (QED) is 0.422. The van der Waals surface area contributed by atoms with Crippen LogP contribution in [0.5, 0.6) is 0 Å². The van der Waals surface area contributed by atoms with Crippen LogP contribution in [0.3, 0.4) is 0 Å². The Balaban J connectivity index is 1.46. The van der Waals surface area contributed by atoms with Gasteiger partial charge in [0.25, 0.3) is 11.8 Å². The van der Waals surface area contributed by atoms with Crippen LogP contribution in [0.25, 0.3) is 11.3 Å². The number of aromatic nitrogens is 1. The van der Waals surface area contributed by atoms with Gasteiger partial charge in [0.2, 0.25) is 0 Å². The van der Waals surface area contributed by atoms with Crippen LogP contribution in [0, 0.1) is 18.6 Å². The second-order valence-corrected chi connectivity index (χ2v) is 8.09. The highest BCUT2D eigenvalue weighted by Crippen LogP contribution is 2.30. The molecular formula is C20H13F2N3O3S2. The number of thiazole rings is 1. The molecule has 0 spiro atoms. The molecule has 0 fully saturated rings. The number of nitrogens with one attached hydrogen (secondary N) is 2. The number of nitrogens with zero attached hydrogens (tertiary/aromatic N) is 1. The van der Waals surface area contributed by atoms with Crippen molar-refractivity contribution in [2.24, 2.45) is 0 Å². The van der Waals surface area contributed by atoms with Crippen LogP contribution in [-0.4, -0.2) is 16.8 Å². The molecule has 4 rings (SSSR count). The number of halogens is 2. The highest BCUT2D eigenvalue weighted by atomic mass is 32.1. The standard InChI is InChI=1S/C20H13F2N3O3S2/c1-10-7-16(24-18(26)15-3-2-6-28-15)30-17(10)19(27)25-20-23-14(9-29-20)11-4-5-12(21)13(22)8-11/h2-9H,1H3,(H,24,26)(H,23,25,27). The maximum Gasteiger partial charge on any atom is 0.291 e. The third-order valence-electron chi connectivity index (χ3n) is 4.05. The number of hydrogen-bond acceptors (Lipinski definition) is 6. The number of carbonyl (C=O) groups excluding carboxylic acids is 2. The van der Waals surface area contributed by atoms with Gasteiger partial charge >= 0.3 is 0 Å². The molecule has 30 heavy (non-hydrogen) atoms. The van der Waals surface area contributed by atoms with E-state index in [0.29, 0.717) is 31.8 Å². The fourth-order valence-electron chi connectivity index (χ4n) is 2.62. The molecule has 152 valence electrons. The van der Waals surface area contributed by atoms with Crippen LogP contribution in [0.4, 0.5) is 18.9 Å². The number of aryl methyl sites for hydroxylation is 1. The summed E-state index contributed by atoms with van der Waals surface area (Å²) in [6.45, 7) is 1.75. The minimum Gasteiger partial charge on any atom is -0.459 e. The summed E-state index contributed by atoms with van der Waals surface area (Å²) in [6.07, 6.45) is 1.40. The normalized spacial score (nSPS) is 10.8. The molecule has 0 saturated heterocycles. The van der Waals surface area contributed by atoms with Crippen molar-refractivity contribution >= 4 is 44.6 Å². The molecule has 1 aromatic carbocycles. The molecule has 0 atom stereocenters. The number of furan rings is 1. The average molecular weight is 445 g/mol. The Morgan fingerprint density at radius 3 is 2.63 bits per heavy atom. The lowest BCUT2D eigenvalue weighted by Crippen LogP contribution is -2.11. The van der Waals surface area contributed by atoms with Gasteiger partial charge in [0.05, 0.1) is 21.8 Å². The van der Waals surface area contributed by atoms with E-state index in [1.807, 2.05) is 0 Å². The molecule has 0 radical (unpaired) electrons. The van der Waals surface area contributed by atoms with E-state index in [4.69, 9.17) is 4.42 Å². The number of hydrogen-bond donors (Lipinski definition) is 2. The first kappa shape index (κ1) is 19.9. The molecule has 0 unspecified atom stereocenters. The third kappa shape index (κ3) is 4.14. The van der Waals surface area contributed by atoms with E-state index >= 15 is 0 Å². The smallest absolute Gasteiger partial charge is 0.291 e. The lowest BCUT2D eigenvalue weighted by molar-refractivity contribution is 0.0995. The third-order valence-corrected chi connectivity index (χ3v) is 5.95. The minimum atomic E-state index is -0.968. The van der Waals surface area contributed by atoms with E-state index < -0.39 is 17.5 Å². The maximum absolute atomic E-state index is 13.4. The fourth-order valence-corrected chi connectivity index (χ4v) is 4.30. The number of benzene rings is 1. The van der Waals surface area contributed by atoms with Crippen molar-refractivity contribution < 1.29 is 22.8 Å². The topological polar surface area (TPSA) is 84.2 Å². The fraction of sp³-hybridized carbons (Fsp3) is 0.0500. The summed E-state index contributed by atoms with van der Waals surface area (Å²) in [5.41, 5.74) is 1.51. The van der Waals surface area contributed by atoms with Gasteiger partial charge in [-0.25, -0.2) is 13.8 Å². The molecule has 10 heteroatoms. The summed E-state index contributed by atoms with van der Waals surface area (Å²) in [6, 6.07) is 8.32. The van der Waals surface area contributed by atoms with Crippen LogP contribution in [0.15, 0.2) is 52.5 Å². The largest absolute Gasteiger partial charge is 0.459 e. The zero-order valence-corrected chi connectivity index (χ0v) is 17.0. The summed E-state index contributed by atoms with van der Waals surface area (Å²) in [7, 11) is 0. The number of carbonyl (C=O) groups is 2. The Hall–Kier alpha value is -3.37. The summed E-state index contributed by atoms with van der Waals surface area (Å²) < 4.78 is 31.6. The Labute approximate surface area is 177 Å². The molecule has 6 nitrogen and oxygen atoms in total. The monoisotopic (exact) mass is 445 g/mol. The predicted molar refractivity (Wildman–Crippen MR) is 111 cm³/mol. The van der Waals surface area contributed by atoms with Crippen molar-refractivity contribution in [1.29, 1.82) is 0 Å². The summed E-state index contributed by atoms with van der Waals surface area (Å²) in [5, 5.41) is 7.83. The van der Waals surface area contributed by atoms with Crippen LogP contribution < -0.4 is 10.6 Å². The molecule has 0 aliphatic rings. The first-order chi connectivity index (χ1) is 14.4. The van der Waals surface area contributed by atoms with Gasteiger partial charge in [-0.05, 0) is 48.9 Å². The average Bonchev–Trinajstić information content (AvgIpc) is 3.45. The van der Waals surface area contributed by atoms with E-state index in [9.17, 15) is 18.4 Å². The first-order valence-electron chi connectivity index (χ1n) is 8.58. The summed E-state index contributed by atoms with van der Waals surface area (Å²) in [4.78, 5) is 29.4. The lowest BCUT2D eigenvalue weighted by Gasteiger charge is -2.01. The Kier molecular flexibility index (Phi) is 5.42. The zero-order valence-electron chi connectivity index (χ0n) is 15.4. The summed E-state index contributed by atoms with van der Waals surface area (Å²) in [5.74, 6) is -2.54. The predicted octanol–water partition coefficient (Wildman–Crippen LogP) is 5.56. The van der Waals surface area contributed by atoms with Crippen LogP contribution in [-0.2, 0) is 0 Å². The summed E-state index contributed by atoms with van der Waals surface area (Å²) >= 11 is 2.28. The Bertz CT molecular complexity index is 1230. The van der Waals surface area contributed by atoms with Gasteiger partial charge in [-0.1, -0.05) is 0 Å². The first-order valence-corrected chi connectivity index (χ1v) is 10.3. The molecule has 0 aliphatic carbocycles. The molecule has 0 saturated carbocycles. The van der Waals surface area contributed by atoms with Crippen molar-refractivity contribution in [2.45, 2.75) is 6.92 Å². The number of amides is 2. The molecule has 0 bridgehead atoms. The van der Waals surface area contributed by atoms with Gasteiger partial charge in [-0.3, -0.25) is 14.9 Å². The SMILES string of the molecule is Cc1cc(NC(=O)c2ccco2)sc1C(=O)Nc1nc(-c2ccc(F)c(F)c2)cs1. The minimum absolute atomic E-state index is 0.166. The molecular weight excluding hydrogens is 432 g/mol. The van der Waals surface area contributed by atoms with E-state index in [1.165, 1.54) is 18.4 Å². The highest BCUT2D eigenvalue weighted by Gasteiger charge is 2.18. The molecule has 3 aromatic heterocycles. The van der Waals surface area contributed by atoms with E-state index in [2.05, 4.69) is 15.6 Å². The molecule has 0 aliphatic heterocycles. The second-order valence-electron chi connectivity index (χ2n) is 6.18. The van der Waals surface area contributed by atoms with E-state index in [0.717, 1.165) is 34.8 Å². The van der Waals surface area contributed by atoms with Gasteiger partial charge < -0.3 is 9.73 Å². The van der Waals surface area contributed by atoms with Crippen molar-refractivity contribution in [3.05, 3.63) is 75.9 Å². The van der Waals surface area contributed by atoms with Gasteiger partial charge in [0, 0.05) is 10.9 Å². The van der Waals surface area contributed by atoms with Crippen LogP contribution >= 0.6 is 22.7 Å². The second kappa shape index (κ2) is 8.17. The van der Waals surface area contributed by atoms with Gasteiger partial charge in [-0.2, -0.15) is 0 Å². The zero-order chi connectivity index (χ0) is 21.3. The maximum atomic E-state index is 13.4. The molecule has 2 N–H and O–H groups in total. The van der Waals surface area contributed by atoms with Crippen molar-refractivity contribution in [3.63, 3.8) is 0 Å². The van der Waals surface area contributed by atoms with Crippen LogP contribution in [0.2, 0.25) is 0 Å². The highest BCUT2D eigenvalue weighted by molar-refractivity contribution is 7.18. The van der Waals surface area contributed by atoms with Crippen molar-refractivity contribution in [3.8, 4) is 11.3 Å². The Morgan fingerprint density at radius 2 is 1.90 bits per heavy atom. The number of rotatable bonds is 5.